The number of benzene rings is 1. The molecule has 7 heteroatoms. The van der Waals surface area contributed by atoms with Crippen molar-refractivity contribution in [1.29, 1.82) is 0 Å². The molecular weight excluding hydrogens is 350 g/mol. The van der Waals surface area contributed by atoms with Crippen molar-refractivity contribution in [2.45, 2.75) is 33.1 Å². The summed E-state index contributed by atoms with van der Waals surface area (Å²) < 4.78 is 1.63. The van der Waals surface area contributed by atoms with Crippen LogP contribution in [0.1, 0.15) is 40.3 Å². The van der Waals surface area contributed by atoms with Crippen LogP contribution in [-0.2, 0) is 4.79 Å². The number of nitrogens with one attached hydrogen (secondary N) is 1. The Labute approximate surface area is 156 Å². The molecule has 1 N–H and O–H groups in total. The number of aryl methyl sites for hydroxylation is 3. The first kappa shape index (κ1) is 16.7. The van der Waals surface area contributed by atoms with Crippen LogP contribution in [0.3, 0.4) is 0 Å². The monoisotopic (exact) mass is 367 g/mol. The maximum absolute atomic E-state index is 12.4. The Morgan fingerprint density at radius 1 is 1.15 bits per heavy atom. The number of nitrogens with zero attached hydrogens (tertiary/aromatic N) is 4. The zero-order valence-corrected chi connectivity index (χ0v) is 15.5. The third-order valence-corrected chi connectivity index (χ3v) is 4.95. The summed E-state index contributed by atoms with van der Waals surface area (Å²) in [6, 6.07) is 9.72. The lowest BCUT2D eigenvalue weighted by Crippen LogP contribution is -2.25. The highest BCUT2D eigenvalue weighted by Crippen LogP contribution is 2.41. The largest absolute Gasteiger partial charge is 0.310 e. The molecule has 3 aromatic rings. The second-order valence-corrected chi connectivity index (χ2v) is 7.03. The third-order valence-electron chi connectivity index (χ3n) is 4.75. The molecule has 1 aliphatic rings. The lowest BCUT2D eigenvalue weighted by Gasteiger charge is -2.25. The lowest BCUT2D eigenvalue weighted by atomic mass is 9.83. The summed E-state index contributed by atoms with van der Waals surface area (Å²) in [7, 11) is 0. The quantitative estimate of drug-likeness (QED) is 0.749. The van der Waals surface area contributed by atoms with Crippen LogP contribution < -0.4 is 5.32 Å². The van der Waals surface area contributed by atoms with Gasteiger partial charge in [-0.05, 0) is 44.0 Å². The maximum Gasteiger partial charge on any atom is 0.226 e. The van der Waals surface area contributed by atoms with Crippen LogP contribution in [0, 0.1) is 20.8 Å². The van der Waals surface area contributed by atoms with Gasteiger partial charge in [-0.25, -0.2) is 0 Å². The van der Waals surface area contributed by atoms with Crippen LogP contribution >= 0.6 is 11.6 Å². The summed E-state index contributed by atoms with van der Waals surface area (Å²) in [4.78, 5) is 12.4. The van der Waals surface area contributed by atoms with Crippen molar-refractivity contribution in [2.24, 2.45) is 0 Å². The highest BCUT2D eigenvalue weighted by Gasteiger charge is 2.33. The van der Waals surface area contributed by atoms with Gasteiger partial charge >= 0.3 is 0 Å². The minimum Gasteiger partial charge on any atom is -0.310 e. The number of hydrogen-bond acceptors (Lipinski definition) is 4. The molecule has 1 aliphatic heterocycles. The molecule has 0 aliphatic carbocycles. The van der Waals surface area contributed by atoms with Crippen molar-refractivity contribution in [3.05, 3.63) is 63.4 Å². The Bertz CT molecular complexity index is 1010. The topological polar surface area (TPSA) is 72.7 Å². The smallest absolute Gasteiger partial charge is 0.226 e. The predicted molar refractivity (Wildman–Crippen MR) is 99.9 cm³/mol. The number of carbonyl (C=O) groups excluding carboxylic acids is 1. The SMILES string of the molecule is Cc1ccc(C)c([C@H]2CC(=O)Nc3c2c(C)nn3-c2ccc(Cl)nn2)c1. The molecule has 0 saturated heterocycles. The molecule has 0 saturated carbocycles. The summed E-state index contributed by atoms with van der Waals surface area (Å²) in [6.07, 6.45) is 0.399. The molecule has 0 spiro atoms. The zero-order chi connectivity index (χ0) is 18.4. The summed E-state index contributed by atoms with van der Waals surface area (Å²) in [5, 5.41) is 15.8. The van der Waals surface area contributed by atoms with Crippen LogP contribution in [0.4, 0.5) is 5.82 Å². The minimum absolute atomic E-state index is 0.0346. The fraction of sp³-hybridized carbons (Fsp3) is 0.263. The molecule has 6 nitrogen and oxygen atoms in total. The lowest BCUT2D eigenvalue weighted by molar-refractivity contribution is -0.116. The van der Waals surface area contributed by atoms with Crippen molar-refractivity contribution >= 4 is 23.3 Å². The van der Waals surface area contributed by atoms with Gasteiger partial charge in [0.25, 0.3) is 0 Å². The predicted octanol–water partition coefficient (Wildman–Crippen LogP) is 3.72. The van der Waals surface area contributed by atoms with E-state index < -0.39 is 0 Å². The van der Waals surface area contributed by atoms with Crippen molar-refractivity contribution in [1.82, 2.24) is 20.0 Å². The van der Waals surface area contributed by atoms with Gasteiger partial charge in [0.2, 0.25) is 5.91 Å². The van der Waals surface area contributed by atoms with Gasteiger partial charge in [-0.15, -0.1) is 10.2 Å². The number of hydrogen-bond donors (Lipinski definition) is 1. The van der Waals surface area contributed by atoms with E-state index in [-0.39, 0.29) is 11.8 Å². The Morgan fingerprint density at radius 2 is 1.96 bits per heavy atom. The zero-order valence-electron chi connectivity index (χ0n) is 14.7. The standard InChI is InChI=1S/C19H18ClN5O/c1-10-4-5-11(2)13(8-10)14-9-17(26)21-19-18(14)12(3)24-25(19)16-7-6-15(20)22-23-16/h4-8,14H,9H2,1-3H3,(H,21,26)/t14-/m1/s1. The normalized spacial score (nSPS) is 16.3. The summed E-state index contributed by atoms with van der Waals surface area (Å²) in [5.74, 6) is 1.10. The Hall–Kier alpha value is -2.73. The highest BCUT2D eigenvalue weighted by molar-refractivity contribution is 6.29. The second kappa shape index (κ2) is 6.21. The van der Waals surface area contributed by atoms with Gasteiger partial charge in [0.15, 0.2) is 11.0 Å². The number of rotatable bonds is 2. The molecule has 0 unspecified atom stereocenters. The number of anilines is 1. The molecule has 0 fully saturated rings. The first-order valence-corrected chi connectivity index (χ1v) is 8.78. The van der Waals surface area contributed by atoms with E-state index >= 15 is 0 Å². The molecule has 1 amide bonds. The molecule has 0 bridgehead atoms. The van der Waals surface area contributed by atoms with Gasteiger partial charge < -0.3 is 5.32 Å². The van der Waals surface area contributed by atoms with Gasteiger partial charge in [-0.3, -0.25) is 4.79 Å². The fourth-order valence-electron chi connectivity index (χ4n) is 3.54. The Morgan fingerprint density at radius 3 is 2.69 bits per heavy atom. The third kappa shape index (κ3) is 2.76. The number of halogens is 1. The Balaban J connectivity index is 1.90. The average molecular weight is 368 g/mol. The van der Waals surface area contributed by atoms with Crippen molar-refractivity contribution in [3.63, 3.8) is 0 Å². The van der Waals surface area contributed by atoms with E-state index in [2.05, 4.69) is 52.7 Å². The first-order valence-electron chi connectivity index (χ1n) is 8.40. The van der Waals surface area contributed by atoms with E-state index in [0.717, 1.165) is 16.8 Å². The van der Waals surface area contributed by atoms with Crippen LogP contribution in [0.5, 0.6) is 0 Å². The van der Waals surface area contributed by atoms with Gasteiger partial charge in [-0.1, -0.05) is 35.4 Å². The first-order chi connectivity index (χ1) is 12.4. The van der Waals surface area contributed by atoms with E-state index in [1.54, 1.807) is 16.8 Å². The number of carbonyl (C=O) groups is 1. The van der Waals surface area contributed by atoms with E-state index in [9.17, 15) is 4.79 Å². The minimum atomic E-state index is -0.0357. The van der Waals surface area contributed by atoms with E-state index in [1.807, 2.05) is 6.92 Å². The summed E-state index contributed by atoms with van der Waals surface area (Å²) in [6.45, 7) is 6.09. The van der Waals surface area contributed by atoms with Gasteiger partial charge in [0.05, 0.1) is 5.69 Å². The van der Waals surface area contributed by atoms with E-state index in [0.29, 0.717) is 23.2 Å². The second-order valence-electron chi connectivity index (χ2n) is 6.64. The van der Waals surface area contributed by atoms with E-state index in [1.165, 1.54) is 11.1 Å². The van der Waals surface area contributed by atoms with Gasteiger partial charge in [0, 0.05) is 17.9 Å². The number of amides is 1. The van der Waals surface area contributed by atoms with Crippen LogP contribution in [0.15, 0.2) is 30.3 Å². The highest BCUT2D eigenvalue weighted by atomic mass is 35.5. The fourth-order valence-corrected chi connectivity index (χ4v) is 3.64. The molecule has 132 valence electrons. The summed E-state index contributed by atoms with van der Waals surface area (Å²) in [5.41, 5.74) is 5.38. The van der Waals surface area contributed by atoms with Crippen LogP contribution in [0.25, 0.3) is 5.82 Å². The molecule has 0 radical (unpaired) electrons. The summed E-state index contributed by atoms with van der Waals surface area (Å²) >= 11 is 5.83. The van der Waals surface area contributed by atoms with Crippen molar-refractivity contribution in [2.75, 3.05) is 5.32 Å². The Kier molecular flexibility index (Phi) is 4.00. The maximum atomic E-state index is 12.4. The van der Waals surface area contributed by atoms with Crippen LogP contribution in [0.2, 0.25) is 5.15 Å². The molecule has 1 aromatic carbocycles. The molecule has 4 rings (SSSR count). The van der Waals surface area contributed by atoms with Gasteiger partial charge in [0.1, 0.15) is 5.82 Å². The van der Waals surface area contributed by atoms with Crippen molar-refractivity contribution in [3.8, 4) is 5.82 Å². The van der Waals surface area contributed by atoms with Crippen molar-refractivity contribution < 1.29 is 4.79 Å². The molecular formula is C19H18ClN5O. The van der Waals surface area contributed by atoms with Crippen LogP contribution in [-0.4, -0.2) is 25.9 Å². The average Bonchev–Trinajstić information content (AvgIpc) is 2.94. The number of aromatic nitrogens is 4. The molecule has 2 aromatic heterocycles. The van der Waals surface area contributed by atoms with E-state index in [4.69, 9.17) is 11.6 Å². The van der Waals surface area contributed by atoms with Gasteiger partial charge in [-0.2, -0.15) is 9.78 Å². The number of fused-ring (bicyclic) bond motifs is 1. The molecule has 3 heterocycles. The molecule has 1 atom stereocenters. The molecule has 26 heavy (non-hydrogen) atoms.